The normalized spacial score (nSPS) is 39.9. The van der Waals surface area contributed by atoms with Crippen molar-refractivity contribution in [1.82, 2.24) is 0 Å². The number of methoxy groups -OCH3 is 1. The largest absolute Gasteiger partial charge is 0.467 e. The molecule has 0 aromatic carbocycles. The molecule has 0 bridgehead atoms. The molecule has 11 atom stereocenters. The van der Waals surface area contributed by atoms with Crippen LogP contribution < -0.4 is 0 Å². The fraction of sp³-hybridized carbons (Fsp3) is 0.765. The lowest BCUT2D eigenvalue weighted by molar-refractivity contribution is -0.300. The Morgan fingerprint density at radius 2 is 1.48 bits per heavy atom. The quantitative estimate of drug-likeness (QED) is 0.280. The van der Waals surface area contributed by atoms with E-state index in [2.05, 4.69) is 13.8 Å². The van der Waals surface area contributed by atoms with Crippen molar-refractivity contribution in [3.05, 3.63) is 11.6 Å². The van der Waals surface area contributed by atoms with E-state index < -0.39 is 61.2 Å². The first-order valence-corrected chi connectivity index (χ1v) is 16.3. The van der Waals surface area contributed by atoms with Gasteiger partial charge in [-0.15, -0.1) is 0 Å². The summed E-state index contributed by atoms with van der Waals surface area (Å²) in [6.45, 7) is 7.50. The number of ether oxygens (including phenoxy) is 6. The number of ketones is 2. The summed E-state index contributed by atoms with van der Waals surface area (Å²) in [7, 11) is 1.11. The predicted octanol–water partition coefficient (Wildman–Crippen LogP) is 3.41. The summed E-state index contributed by atoms with van der Waals surface area (Å²) in [6, 6.07) is 0. The molecule has 5 rings (SSSR count). The summed E-state index contributed by atoms with van der Waals surface area (Å²) in [5.41, 5.74) is 1.11. The molecule has 4 fully saturated rings. The van der Waals surface area contributed by atoms with E-state index in [0.29, 0.717) is 24.2 Å². The van der Waals surface area contributed by atoms with Gasteiger partial charge in [0.15, 0.2) is 42.3 Å². The van der Waals surface area contributed by atoms with Crippen LogP contribution in [0, 0.1) is 34.5 Å². The first kappa shape index (κ1) is 34.2. The van der Waals surface area contributed by atoms with Crippen LogP contribution in [0.25, 0.3) is 0 Å². The van der Waals surface area contributed by atoms with E-state index in [9.17, 15) is 28.8 Å². The minimum atomic E-state index is -1.59. The average molecular weight is 647 g/mol. The maximum Gasteiger partial charge on any atom is 0.339 e. The molecule has 1 heterocycles. The van der Waals surface area contributed by atoms with Crippen molar-refractivity contribution in [3.8, 4) is 0 Å². The van der Waals surface area contributed by atoms with Crippen molar-refractivity contribution in [2.45, 2.75) is 117 Å². The van der Waals surface area contributed by atoms with Crippen LogP contribution >= 0.6 is 0 Å². The summed E-state index contributed by atoms with van der Waals surface area (Å²) in [6.07, 6.45) is 1.34. The van der Waals surface area contributed by atoms with Crippen LogP contribution in [-0.2, 0) is 57.2 Å². The topological polar surface area (TPSA) is 158 Å². The number of hydrogen-bond donors (Lipinski definition) is 0. The Labute approximate surface area is 269 Å². The van der Waals surface area contributed by atoms with Gasteiger partial charge in [-0.1, -0.05) is 19.4 Å². The molecule has 12 nitrogen and oxygen atoms in total. The van der Waals surface area contributed by atoms with Gasteiger partial charge >= 0.3 is 23.9 Å². The van der Waals surface area contributed by atoms with Crippen molar-refractivity contribution in [1.29, 1.82) is 0 Å². The smallest absolute Gasteiger partial charge is 0.339 e. The van der Waals surface area contributed by atoms with E-state index in [0.717, 1.165) is 72.8 Å². The number of allylic oxidation sites excluding steroid dienone is 1. The molecule has 0 unspecified atom stereocenters. The van der Waals surface area contributed by atoms with Crippen LogP contribution in [0.1, 0.15) is 86.0 Å². The number of Topliss-reactive ketones (excluding diaryl/α,β-unsaturated/α-hetero) is 1. The third-order valence-corrected chi connectivity index (χ3v) is 11.6. The molecule has 46 heavy (non-hydrogen) atoms. The van der Waals surface area contributed by atoms with Crippen LogP contribution in [0.4, 0.5) is 0 Å². The summed E-state index contributed by atoms with van der Waals surface area (Å²) >= 11 is 0. The first-order valence-electron chi connectivity index (χ1n) is 16.3. The van der Waals surface area contributed by atoms with Crippen molar-refractivity contribution in [3.63, 3.8) is 0 Å². The standard InChI is InChI=1S/C34H46O12/c1-17(35)43-27-28(44-18(2)36)30(45-19(3)37)32(46-29(27)31(40)41-6)42-16-26(39)25-10-9-23-22-8-7-20-15-21(38)11-13-33(20,4)24(22)12-14-34(23,25)5/h15,22-25,27-30,32H,7-14,16H2,1-6H3/t22-,23-,24-,25+,27-,28-,29-,30+,32+,33-,34-/m1/s1. The van der Waals surface area contributed by atoms with Crippen molar-refractivity contribution >= 4 is 35.4 Å². The molecule has 1 saturated heterocycles. The Balaban J connectivity index is 1.33. The fourth-order valence-electron chi connectivity index (χ4n) is 9.57. The second kappa shape index (κ2) is 13.2. The van der Waals surface area contributed by atoms with Crippen molar-refractivity contribution < 1.29 is 57.2 Å². The zero-order chi connectivity index (χ0) is 33.6. The number of carbonyl (C=O) groups is 6. The molecule has 0 aromatic rings. The third kappa shape index (κ3) is 6.26. The molecule has 1 aliphatic heterocycles. The van der Waals surface area contributed by atoms with Gasteiger partial charge in [0.25, 0.3) is 0 Å². The minimum absolute atomic E-state index is 0.0338. The first-order chi connectivity index (χ1) is 21.7. The highest BCUT2D eigenvalue weighted by Gasteiger charge is 2.60. The Bertz CT molecular complexity index is 1300. The Morgan fingerprint density at radius 3 is 2.13 bits per heavy atom. The molecule has 12 heteroatoms. The molecular formula is C34H46O12. The lowest BCUT2D eigenvalue weighted by atomic mass is 9.46. The molecule has 0 amide bonds. The number of hydrogen-bond acceptors (Lipinski definition) is 12. The highest BCUT2D eigenvalue weighted by Crippen LogP contribution is 2.66. The minimum Gasteiger partial charge on any atom is -0.467 e. The fourth-order valence-corrected chi connectivity index (χ4v) is 9.57. The summed E-state index contributed by atoms with van der Waals surface area (Å²) in [4.78, 5) is 75.0. The summed E-state index contributed by atoms with van der Waals surface area (Å²) < 4.78 is 32.8. The molecule has 3 saturated carbocycles. The van der Waals surface area contributed by atoms with E-state index in [-0.39, 0.29) is 28.3 Å². The monoisotopic (exact) mass is 646 g/mol. The third-order valence-electron chi connectivity index (χ3n) is 11.6. The van der Waals surface area contributed by atoms with E-state index in [1.807, 2.05) is 6.08 Å². The Hall–Kier alpha value is -3.12. The van der Waals surface area contributed by atoms with Gasteiger partial charge in [-0.25, -0.2) is 4.79 Å². The van der Waals surface area contributed by atoms with Gasteiger partial charge in [0.2, 0.25) is 0 Å². The van der Waals surface area contributed by atoms with E-state index in [1.54, 1.807) is 0 Å². The van der Waals surface area contributed by atoms with E-state index in [1.165, 1.54) is 5.57 Å². The van der Waals surface area contributed by atoms with Gasteiger partial charge in [-0.05, 0) is 79.6 Å². The lowest BCUT2D eigenvalue weighted by Crippen LogP contribution is -2.64. The highest BCUT2D eigenvalue weighted by molar-refractivity contribution is 5.91. The molecule has 254 valence electrons. The molecule has 4 aliphatic carbocycles. The van der Waals surface area contributed by atoms with Crippen molar-refractivity contribution in [2.75, 3.05) is 13.7 Å². The van der Waals surface area contributed by atoms with Crippen molar-refractivity contribution in [2.24, 2.45) is 34.5 Å². The zero-order valence-corrected chi connectivity index (χ0v) is 27.5. The van der Waals surface area contributed by atoms with Crippen LogP contribution in [0.3, 0.4) is 0 Å². The van der Waals surface area contributed by atoms with Gasteiger partial charge in [0.05, 0.1) is 7.11 Å². The molecule has 5 aliphatic rings. The Kier molecular flexibility index (Phi) is 9.80. The van der Waals surface area contributed by atoms with E-state index in [4.69, 9.17) is 28.4 Å². The molecule has 0 aromatic heterocycles. The van der Waals surface area contributed by atoms with Gasteiger partial charge in [0.1, 0.15) is 6.61 Å². The van der Waals surface area contributed by atoms with Crippen LogP contribution in [-0.4, -0.2) is 79.9 Å². The SMILES string of the molecule is COC(=O)[C@@H]1O[C@H](OCC(=O)[C@@H]2CC[C@@H]3[C@H]4CCC5=CC(=O)CC[C@@]5(C)[C@@H]4CC[C@]32C)[C@@H](OC(C)=O)[C@H](OC(C)=O)[C@H]1OC(C)=O. The maximum absolute atomic E-state index is 13.9. The lowest BCUT2D eigenvalue weighted by Gasteiger charge is -2.58. The second-order valence-corrected chi connectivity index (χ2v) is 14.1. The van der Waals surface area contributed by atoms with Crippen LogP contribution in [0.15, 0.2) is 11.6 Å². The summed E-state index contributed by atoms with van der Waals surface area (Å²) in [5, 5.41) is 0. The predicted molar refractivity (Wildman–Crippen MR) is 158 cm³/mol. The molecule has 0 radical (unpaired) electrons. The molecule has 0 N–H and O–H groups in total. The van der Waals surface area contributed by atoms with Gasteiger partial charge in [-0.3, -0.25) is 24.0 Å². The second-order valence-electron chi connectivity index (χ2n) is 14.1. The number of carbonyl (C=O) groups excluding carboxylic acids is 6. The number of rotatable bonds is 8. The molecule has 0 spiro atoms. The van der Waals surface area contributed by atoms with Gasteiger partial charge in [0, 0.05) is 33.1 Å². The maximum atomic E-state index is 13.9. The summed E-state index contributed by atoms with van der Waals surface area (Å²) in [5.74, 6) is -2.12. The van der Waals surface area contributed by atoms with Crippen LogP contribution in [0.2, 0.25) is 0 Å². The number of fused-ring (bicyclic) bond motifs is 5. The van der Waals surface area contributed by atoms with Gasteiger partial charge < -0.3 is 28.4 Å². The Morgan fingerprint density at radius 1 is 0.826 bits per heavy atom. The van der Waals surface area contributed by atoms with E-state index >= 15 is 0 Å². The van der Waals surface area contributed by atoms with Crippen LogP contribution in [0.5, 0.6) is 0 Å². The van der Waals surface area contributed by atoms with Gasteiger partial charge in [-0.2, -0.15) is 0 Å². The average Bonchev–Trinajstić information content (AvgIpc) is 3.34. The highest BCUT2D eigenvalue weighted by atomic mass is 16.7. The molecular weight excluding hydrogens is 600 g/mol. The zero-order valence-electron chi connectivity index (χ0n) is 27.5. The number of esters is 4.